The summed E-state index contributed by atoms with van der Waals surface area (Å²) >= 11 is 0. The molecule has 1 aliphatic heterocycles. The van der Waals surface area contributed by atoms with E-state index in [0.29, 0.717) is 0 Å². The normalized spacial score (nSPS) is 19.7. The summed E-state index contributed by atoms with van der Waals surface area (Å²) in [5.41, 5.74) is 7.81. The molecule has 2 aromatic rings. The minimum atomic E-state index is 0.731. The highest BCUT2D eigenvalue weighted by Crippen LogP contribution is 2.38. The minimum Gasteiger partial charge on any atom is -0.371 e. The zero-order valence-electron chi connectivity index (χ0n) is 16.7. The molecular formula is C25H33N. The molecule has 4 rings (SSSR count). The van der Waals surface area contributed by atoms with Crippen LogP contribution in [0.5, 0.6) is 0 Å². The zero-order chi connectivity index (χ0) is 18.1. The van der Waals surface area contributed by atoms with Crippen molar-refractivity contribution in [3.8, 4) is 0 Å². The lowest BCUT2D eigenvalue weighted by atomic mass is 9.87. The molecule has 2 aliphatic rings. The second kappa shape index (κ2) is 7.47. The SMILES string of the molecule is CC(C)CN1CCc2cc(CC(C)CC3CCc4ccccc43)ccc21. The maximum Gasteiger partial charge on any atom is 0.0399 e. The second-order valence-electron chi connectivity index (χ2n) is 9.03. The number of rotatable bonds is 6. The molecule has 2 atom stereocenters. The van der Waals surface area contributed by atoms with Gasteiger partial charge < -0.3 is 4.90 Å². The van der Waals surface area contributed by atoms with Gasteiger partial charge in [0.15, 0.2) is 0 Å². The molecule has 1 heteroatoms. The van der Waals surface area contributed by atoms with Crippen molar-refractivity contribution in [1.29, 1.82) is 0 Å². The van der Waals surface area contributed by atoms with Crippen molar-refractivity contribution >= 4 is 5.69 Å². The van der Waals surface area contributed by atoms with Crippen molar-refractivity contribution in [2.45, 2.75) is 58.8 Å². The van der Waals surface area contributed by atoms with Crippen LogP contribution in [0, 0.1) is 11.8 Å². The molecule has 138 valence electrons. The highest BCUT2D eigenvalue weighted by molar-refractivity contribution is 5.59. The average molecular weight is 348 g/mol. The van der Waals surface area contributed by atoms with Crippen LogP contribution in [-0.2, 0) is 19.3 Å². The molecule has 2 unspecified atom stereocenters. The molecule has 0 N–H and O–H groups in total. The van der Waals surface area contributed by atoms with Gasteiger partial charge in [0.1, 0.15) is 0 Å². The van der Waals surface area contributed by atoms with Gasteiger partial charge in [0.05, 0.1) is 0 Å². The van der Waals surface area contributed by atoms with Crippen LogP contribution in [0.25, 0.3) is 0 Å². The summed E-state index contributed by atoms with van der Waals surface area (Å²) in [4.78, 5) is 2.57. The van der Waals surface area contributed by atoms with E-state index in [1.807, 2.05) is 0 Å². The van der Waals surface area contributed by atoms with Crippen LogP contribution < -0.4 is 4.90 Å². The van der Waals surface area contributed by atoms with Gasteiger partial charge in [-0.05, 0) is 78.2 Å². The van der Waals surface area contributed by atoms with Crippen LogP contribution in [0.2, 0.25) is 0 Å². The maximum atomic E-state index is 2.57. The first kappa shape index (κ1) is 17.6. The first-order valence-electron chi connectivity index (χ1n) is 10.5. The number of fused-ring (bicyclic) bond motifs is 2. The van der Waals surface area contributed by atoms with Crippen molar-refractivity contribution in [3.05, 3.63) is 64.7 Å². The molecule has 0 amide bonds. The number of anilines is 1. The summed E-state index contributed by atoms with van der Waals surface area (Å²) in [5.74, 6) is 2.25. The average Bonchev–Trinajstić information content (AvgIpc) is 3.19. The van der Waals surface area contributed by atoms with Gasteiger partial charge in [-0.25, -0.2) is 0 Å². The van der Waals surface area contributed by atoms with Gasteiger partial charge in [0.25, 0.3) is 0 Å². The van der Waals surface area contributed by atoms with Gasteiger partial charge >= 0.3 is 0 Å². The van der Waals surface area contributed by atoms with Gasteiger partial charge in [-0.1, -0.05) is 57.2 Å². The Morgan fingerprint density at radius 2 is 1.85 bits per heavy atom. The number of hydrogen-bond donors (Lipinski definition) is 0. The highest BCUT2D eigenvalue weighted by Gasteiger charge is 2.24. The van der Waals surface area contributed by atoms with Crippen LogP contribution in [-0.4, -0.2) is 13.1 Å². The molecule has 0 bridgehead atoms. The topological polar surface area (TPSA) is 3.24 Å². The quantitative estimate of drug-likeness (QED) is 0.619. The van der Waals surface area contributed by atoms with E-state index in [1.54, 1.807) is 16.7 Å². The number of nitrogens with zero attached hydrogens (tertiary/aromatic N) is 1. The highest BCUT2D eigenvalue weighted by atomic mass is 15.1. The molecule has 0 radical (unpaired) electrons. The lowest BCUT2D eigenvalue weighted by Gasteiger charge is -2.22. The summed E-state index contributed by atoms with van der Waals surface area (Å²) in [6.07, 6.45) is 6.39. The van der Waals surface area contributed by atoms with Crippen molar-refractivity contribution in [2.24, 2.45) is 11.8 Å². The minimum absolute atomic E-state index is 0.731. The Labute approximate surface area is 159 Å². The summed E-state index contributed by atoms with van der Waals surface area (Å²) in [7, 11) is 0. The fourth-order valence-corrected chi connectivity index (χ4v) is 5.14. The van der Waals surface area contributed by atoms with Crippen LogP contribution in [0.1, 0.15) is 61.8 Å². The molecular weight excluding hydrogens is 314 g/mol. The molecule has 1 aliphatic carbocycles. The summed E-state index contributed by atoms with van der Waals surface area (Å²) in [6.45, 7) is 9.46. The Bertz CT molecular complexity index is 760. The van der Waals surface area contributed by atoms with Crippen LogP contribution >= 0.6 is 0 Å². The van der Waals surface area contributed by atoms with E-state index in [9.17, 15) is 0 Å². The Hall–Kier alpha value is -1.76. The lowest BCUT2D eigenvalue weighted by molar-refractivity contribution is 0.462. The molecule has 26 heavy (non-hydrogen) atoms. The van der Waals surface area contributed by atoms with E-state index in [2.05, 4.69) is 68.1 Å². The lowest BCUT2D eigenvalue weighted by Crippen LogP contribution is -2.25. The van der Waals surface area contributed by atoms with Gasteiger partial charge in [0.2, 0.25) is 0 Å². The molecule has 2 aromatic carbocycles. The fraction of sp³-hybridized carbons (Fsp3) is 0.520. The molecule has 0 aromatic heterocycles. The van der Waals surface area contributed by atoms with E-state index < -0.39 is 0 Å². The maximum absolute atomic E-state index is 2.57. The van der Waals surface area contributed by atoms with E-state index in [0.717, 1.165) is 17.8 Å². The van der Waals surface area contributed by atoms with E-state index >= 15 is 0 Å². The third-order valence-corrected chi connectivity index (χ3v) is 6.25. The Morgan fingerprint density at radius 3 is 2.69 bits per heavy atom. The summed E-state index contributed by atoms with van der Waals surface area (Å²) in [5, 5.41) is 0. The van der Waals surface area contributed by atoms with Gasteiger partial charge in [-0.3, -0.25) is 0 Å². The molecule has 0 saturated heterocycles. The van der Waals surface area contributed by atoms with Gasteiger partial charge in [-0.2, -0.15) is 0 Å². The third kappa shape index (κ3) is 3.68. The third-order valence-electron chi connectivity index (χ3n) is 6.25. The first-order valence-corrected chi connectivity index (χ1v) is 10.5. The molecule has 0 fully saturated rings. The van der Waals surface area contributed by atoms with Crippen molar-refractivity contribution in [3.63, 3.8) is 0 Å². The Morgan fingerprint density at radius 1 is 1.00 bits per heavy atom. The van der Waals surface area contributed by atoms with E-state index in [4.69, 9.17) is 0 Å². The smallest absolute Gasteiger partial charge is 0.0399 e. The second-order valence-corrected chi connectivity index (χ2v) is 9.03. The van der Waals surface area contributed by atoms with Crippen LogP contribution in [0.15, 0.2) is 42.5 Å². The van der Waals surface area contributed by atoms with Gasteiger partial charge in [0, 0.05) is 18.8 Å². The van der Waals surface area contributed by atoms with Crippen LogP contribution in [0.4, 0.5) is 5.69 Å². The van der Waals surface area contributed by atoms with Crippen molar-refractivity contribution in [1.82, 2.24) is 0 Å². The number of aryl methyl sites for hydroxylation is 1. The monoisotopic (exact) mass is 347 g/mol. The van der Waals surface area contributed by atoms with Crippen molar-refractivity contribution < 1.29 is 0 Å². The predicted molar refractivity (Wildman–Crippen MR) is 112 cm³/mol. The summed E-state index contributed by atoms with van der Waals surface area (Å²) < 4.78 is 0. The Kier molecular flexibility index (Phi) is 5.07. The van der Waals surface area contributed by atoms with Crippen LogP contribution in [0.3, 0.4) is 0 Å². The number of hydrogen-bond acceptors (Lipinski definition) is 1. The predicted octanol–water partition coefficient (Wildman–Crippen LogP) is 6.00. The van der Waals surface area contributed by atoms with E-state index in [-0.39, 0.29) is 0 Å². The Balaban J connectivity index is 1.39. The summed E-state index contributed by atoms with van der Waals surface area (Å²) in [6, 6.07) is 16.4. The zero-order valence-corrected chi connectivity index (χ0v) is 16.7. The molecule has 0 spiro atoms. The fourth-order valence-electron chi connectivity index (χ4n) is 5.14. The largest absolute Gasteiger partial charge is 0.371 e. The van der Waals surface area contributed by atoms with Crippen molar-refractivity contribution in [2.75, 3.05) is 18.0 Å². The molecule has 0 saturated carbocycles. The molecule has 1 heterocycles. The standard InChI is InChI=1S/C25H33N/c1-18(2)17-26-13-12-23-16-20(8-11-25(23)26)14-19(3)15-22-10-9-21-6-4-5-7-24(21)22/h4-8,11,16,18-19,22H,9-10,12-15,17H2,1-3H3. The number of benzene rings is 2. The first-order chi connectivity index (χ1) is 12.6. The molecule has 1 nitrogen and oxygen atoms in total. The van der Waals surface area contributed by atoms with Gasteiger partial charge in [-0.15, -0.1) is 0 Å². The van der Waals surface area contributed by atoms with E-state index in [1.165, 1.54) is 56.4 Å².